The van der Waals surface area contributed by atoms with Crippen molar-refractivity contribution in [2.24, 2.45) is 17.8 Å². The van der Waals surface area contributed by atoms with E-state index in [1.807, 2.05) is 0 Å². The Kier molecular flexibility index (Phi) is 3.15. The van der Waals surface area contributed by atoms with Crippen LogP contribution >= 0.6 is 0 Å². The molecule has 3 heterocycles. The smallest absolute Gasteiger partial charge is 0.340 e. The van der Waals surface area contributed by atoms with Gasteiger partial charge >= 0.3 is 11.9 Å². The molecule has 5 rings (SSSR count). The fourth-order valence-electron chi connectivity index (χ4n) is 5.02. The lowest BCUT2D eigenvalue weighted by atomic mass is 9.78. The first kappa shape index (κ1) is 16.5. The molecule has 3 saturated heterocycles. The van der Waals surface area contributed by atoms with E-state index in [0.29, 0.717) is 31.6 Å². The highest BCUT2D eigenvalue weighted by atomic mass is 16.6. The van der Waals surface area contributed by atoms with Crippen LogP contribution < -0.4 is 0 Å². The zero-order valence-electron chi connectivity index (χ0n) is 14.6. The van der Waals surface area contributed by atoms with Crippen molar-refractivity contribution in [3.8, 4) is 0 Å². The first-order chi connectivity index (χ1) is 12.3. The average Bonchev–Trinajstić information content (AvgIpc) is 3.47. The highest BCUT2D eigenvalue weighted by Crippen LogP contribution is 2.60. The Hall–Kier alpha value is -1.70. The van der Waals surface area contributed by atoms with Gasteiger partial charge in [0.2, 0.25) is 0 Å². The summed E-state index contributed by atoms with van der Waals surface area (Å²) in [4.78, 5) is 24.7. The SMILES string of the molecule is C=C1CC(OC(=O)[C@]2(C)CO2)C2C(=C)C(=O)OC2C2C1CC(O)[C@]21CO1. The number of epoxide rings is 2. The van der Waals surface area contributed by atoms with Crippen molar-refractivity contribution in [2.45, 2.75) is 49.3 Å². The van der Waals surface area contributed by atoms with Gasteiger partial charge in [0.25, 0.3) is 0 Å². The Morgan fingerprint density at radius 1 is 1.31 bits per heavy atom. The molecule has 0 radical (unpaired) electrons. The second-order valence-corrected chi connectivity index (χ2v) is 8.37. The van der Waals surface area contributed by atoms with E-state index in [4.69, 9.17) is 18.9 Å². The maximum absolute atomic E-state index is 12.4. The topological polar surface area (TPSA) is 97.9 Å². The van der Waals surface area contributed by atoms with Crippen LogP contribution in [-0.2, 0) is 28.5 Å². The first-order valence-corrected chi connectivity index (χ1v) is 9.01. The van der Waals surface area contributed by atoms with E-state index in [1.165, 1.54) is 0 Å². The van der Waals surface area contributed by atoms with Gasteiger partial charge in [0.15, 0.2) is 5.60 Å². The van der Waals surface area contributed by atoms with Gasteiger partial charge < -0.3 is 24.1 Å². The number of fused-ring (bicyclic) bond motifs is 4. The zero-order valence-corrected chi connectivity index (χ0v) is 14.6. The average molecular weight is 362 g/mol. The molecule has 2 saturated carbocycles. The molecule has 0 bridgehead atoms. The van der Waals surface area contributed by atoms with E-state index < -0.39 is 47.4 Å². The summed E-state index contributed by atoms with van der Waals surface area (Å²) in [7, 11) is 0. The largest absolute Gasteiger partial charge is 0.459 e. The standard InChI is InChI=1S/C19H22O7/c1-8-4-11(25-17(22)18(3)6-23-18)13-9(2)16(21)26-15(13)14-10(8)5-12(20)19(14)7-24-19/h10-15,20H,1-2,4-7H2,3H3/t10?,11?,12?,13?,14?,15?,18-,19+/m0/s1. The number of hydrogen-bond donors (Lipinski definition) is 1. The van der Waals surface area contributed by atoms with Crippen molar-refractivity contribution in [3.05, 3.63) is 24.3 Å². The number of rotatable bonds is 2. The van der Waals surface area contributed by atoms with Gasteiger partial charge in [0, 0.05) is 17.9 Å². The summed E-state index contributed by atoms with van der Waals surface area (Å²) in [6, 6.07) is 0. The Labute approximate surface area is 150 Å². The van der Waals surface area contributed by atoms with Gasteiger partial charge in [0.05, 0.1) is 25.2 Å². The van der Waals surface area contributed by atoms with E-state index in [9.17, 15) is 14.7 Å². The van der Waals surface area contributed by atoms with Crippen molar-refractivity contribution in [1.82, 2.24) is 0 Å². The van der Waals surface area contributed by atoms with Gasteiger partial charge in [-0.3, -0.25) is 0 Å². The van der Waals surface area contributed by atoms with E-state index in [2.05, 4.69) is 13.2 Å². The Morgan fingerprint density at radius 2 is 2.00 bits per heavy atom. The minimum Gasteiger partial charge on any atom is -0.459 e. The molecule has 6 unspecified atom stereocenters. The molecular formula is C19H22O7. The summed E-state index contributed by atoms with van der Waals surface area (Å²) < 4.78 is 22.3. The van der Waals surface area contributed by atoms with Crippen molar-refractivity contribution in [2.75, 3.05) is 13.2 Å². The van der Waals surface area contributed by atoms with Gasteiger partial charge in [-0.25, -0.2) is 9.59 Å². The summed E-state index contributed by atoms with van der Waals surface area (Å²) in [5.41, 5.74) is -0.396. The lowest BCUT2D eigenvalue weighted by Crippen LogP contribution is -2.43. The number of esters is 2. The highest BCUT2D eigenvalue weighted by molar-refractivity contribution is 5.91. The number of hydrogen-bond acceptors (Lipinski definition) is 7. The van der Waals surface area contributed by atoms with E-state index in [1.54, 1.807) is 6.92 Å². The van der Waals surface area contributed by atoms with Crippen LogP contribution in [0.25, 0.3) is 0 Å². The van der Waals surface area contributed by atoms with E-state index >= 15 is 0 Å². The monoisotopic (exact) mass is 362 g/mol. The zero-order chi connectivity index (χ0) is 18.4. The molecule has 5 fully saturated rings. The molecule has 7 nitrogen and oxygen atoms in total. The maximum Gasteiger partial charge on any atom is 0.340 e. The number of ether oxygens (including phenoxy) is 4. The third-order valence-electron chi connectivity index (χ3n) is 6.79. The quantitative estimate of drug-likeness (QED) is 0.331. The second-order valence-electron chi connectivity index (χ2n) is 8.37. The molecular weight excluding hydrogens is 340 g/mol. The lowest BCUT2D eigenvalue weighted by Gasteiger charge is -2.30. The van der Waals surface area contributed by atoms with E-state index in [-0.39, 0.29) is 11.8 Å². The first-order valence-electron chi connectivity index (χ1n) is 9.01. The fourth-order valence-corrected chi connectivity index (χ4v) is 5.02. The van der Waals surface area contributed by atoms with Crippen LogP contribution in [0.4, 0.5) is 0 Å². The van der Waals surface area contributed by atoms with Crippen LogP contribution in [0.15, 0.2) is 24.3 Å². The van der Waals surface area contributed by atoms with Crippen molar-refractivity contribution < 1.29 is 33.6 Å². The van der Waals surface area contributed by atoms with Crippen molar-refractivity contribution in [3.63, 3.8) is 0 Å². The summed E-state index contributed by atoms with van der Waals surface area (Å²) >= 11 is 0. The molecule has 0 amide bonds. The minimum atomic E-state index is -0.902. The third kappa shape index (κ3) is 2.05. The Balaban J connectivity index is 1.51. The predicted molar refractivity (Wildman–Crippen MR) is 86.8 cm³/mol. The second kappa shape index (κ2) is 4.97. The molecule has 8 atom stereocenters. The molecule has 1 spiro atoms. The third-order valence-corrected chi connectivity index (χ3v) is 6.79. The van der Waals surface area contributed by atoms with E-state index in [0.717, 1.165) is 5.57 Å². The summed E-state index contributed by atoms with van der Waals surface area (Å²) in [6.07, 6.45) is -0.815. The summed E-state index contributed by atoms with van der Waals surface area (Å²) in [6.45, 7) is 10.5. The Morgan fingerprint density at radius 3 is 2.62 bits per heavy atom. The highest BCUT2D eigenvalue weighted by Gasteiger charge is 2.71. The van der Waals surface area contributed by atoms with Crippen LogP contribution in [0, 0.1) is 17.8 Å². The Bertz CT molecular complexity index is 732. The lowest BCUT2D eigenvalue weighted by molar-refractivity contribution is -0.158. The molecule has 2 aliphatic carbocycles. The predicted octanol–water partition coefficient (Wildman–Crippen LogP) is 0.511. The normalized spacial score (nSPS) is 51.5. The molecule has 5 aliphatic rings. The number of aliphatic hydroxyl groups excluding tert-OH is 1. The molecule has 0 aromatic heterocycles. The van der Waals surface area contributed by atoms with Gasteiger partial charge in [-0.2, -0.15) is 0 Å². The van der Waals surface area contributed by atoms with Gasteiger partial charge in [-0.05, 0) is 19.3 Å². The molecule has 7 heteroatoms. The van der Waals surface area contributed by atoms with Crippen LogP contribution in [0.1, 0.15) is 19.8 Å². The summed E-state index contributed by atoms with van der Waals surface area (Å²) in [5.74, 6) is -1.62. The molecule has 26 heavy (non-hydrogen) atoms. The molecule has 140 valence electrons. The number of carbonyl (C=O) groups is 2. The number of carbonyl (C=O) groups excluding carboxylic acids is 2. The summed E-state index contributed by atoms with van der Waals surface area (Å²) in [5, 5.41) is 10.5. The van der Waals surface area contributed by atoms with Crippen molar-refractivity contribution >= 4 is 11.9 Å². The van der Waals surface area contributed by atoms with Crippen LogP contribution in [0.3, 0.4) is 0 Å². The van der Waals surface area contributed by atoms with Gasteiger partial charge in [-0.15, -0.1) is 0 Å². The van der Waals surface area contributed by atoms with Gasteiger partial charge in [-0.1, -0.05) is 18.7 Å². The molecule has 1 N–H and O–H groups in total. The van der Waals surface area contributed by atoms with Crippen molar-refractivity contribution in [1.29, 1.82) is 0 Å². The maximum atomic E-state index is 12.4. The number of aliphatic hydroxyl groups is 1. The minimum absolute atomic E-state index is 0.0461. The molecule has 0 aromatic carbocycles. The van der Waals surface area contributed by atoms with Crippen LogP contribution in [0.2, 0.25) is 0 Å². The van der Waals surface area contributed by atoms with Crippen LogP contribution in [0.5, 0.6) is 0 Å². The van der Waals surface area contributed by atoms with Crippen LogP contribution in [-0.4, -0.2) is 59.8 Å². The fraction of sp³-hybridized carbons (Fsp3) is 0.684. The molecule has 0 aromatic rings. The van der Waals surface area contributed by atoms with Gasteiger partial charge in [0.1, 0.15) is 17.8 Å². The molecule has 3 aliphatic heterocycles.